The Morgan fingerprint density at radius 3 is 2.33 bits per heavy atom. The van der Waals surface area contributed by atoms with E-state index < -0.39 is 23.2 Å². The number of aromatic amines is 1. The number of pyridine rings is 1. The fourth-order valence-corrected chi connectivity index (χ4v) is 1.25. The van der Waals surface area contributed by atoms with Gasteiger partial charge in [0.1, 0.15) is 5.69 Å². The van der Waals surface area contributed by atoms with E-state index >= 15 is 0 Å². The summed E-state index contributed by atoms with van der Waals surface area (Å²) in [5.41, 5.74) is -1.46. The lowest BCUT2D eigenvalue weighted by molar-refractivity contribution is 0.0472. The second kappa shape index (κ2) is 5.85. The summed E-state index contributed by atoms with van der Waals surface area (Å²) in [5.74, 6) is -2.36. The highest BCUT2D eigenvalue weighted by Gasteiger charge is 2.22. The van der Waals surface area contributed by atoms with E-state index in [1.54, 1.807) is 13.8 Å². The Balaban J connectivity index is 3.29. The summed E-state index contributed by atoms with van der Waals surface area (Å²) in [7, 11) is 0. The van der Waals surface area contributed by atoms with Crippen LogP contribution in [0.4, 0.5) is 0 Å². The van der Waals surface area contributed by atoms with Crippen molar-refractivity contribution in [2.75, 3.05) is 13.2 Å². The van der Waals surface area contributed by atoms with Gasteiger partial charge < -0.3 is 19.6 Å². The van der Waals surface area contributed by atoms with E-state index in [0.29, 0.717) is 0 Å². The molecule has 0 unspecified atom stereocenters. The van der Waals surface area contributed by atoms with Gasteiger partial charge in [0.05, 0.1) is 18.8 Å². The van der Waals surface area contributed by atoms with Crippen molar-refractivity contribution in [3.8, 4) is 5.75 Å². The van der Waals surface area contributed by atoms with Gasteiger partial charge in [-0.2, -0.15) is 0 Å². The van der Waals surface area contributed by atoms with Crippen LogP contribution in [-0.4, -0.2) is 35.2 Å². The number of H-pyrrole nitrogens is 1. The molecule has 0 fully saturated rings. The molecule has 7 heteroatoms. The molecule has 0 bridgehead atoms. The minimum absolute atomic E-state index is 0.0873. The van der Waals surface area contributed by atoms with Crippen LogP contribution in [0.2, 0.25) is 0 Å². The molecule has 18 heavy (non-hydrogen) atoms. The number of rotatable bonds is 4. The Morgan fingerprint density at radius 2 is 1.78 bits per heavy atom. The number of nitrogens with one attached hydrogen (secondary N) is 1. The molecule has 1 aromatic rings. The Hall–Kier alpha value is -2.31. The quantitative estimate of drug-likeness (QED) is 0.756. The molecule has 0 aliphatic carbocycles. The molecule has 0 atom stereocenters. The van der Waals surface area contributed by atoms with Gasteiger partial charge in [0.15, 0.2) is 5.75 Å². The van der Waals surface area contributed by atoms with Crippen LogP contribution in [0.15, 0.2) is 10.9 Å². The van der Waals surface area contributed by atoms with Crippen LogP contribution in [0, 0.1) is 0 Å². The number of esters is 2. The molecule has 0 amide bonds. The largest absolute Gasteiger partial charge is 0.503 e. The Bertz CT molecular complexity index is 519. The molecule has 0 saturated carbocycles. The maximum atomic E-state index is 11.6. The molecular weight excluding hydrogens is 242 g/mol. The summed E-state index contributed by atoms with van der Waals surface area (Å²) in [4.78, 5) is 36.4. The van der Waals surface area contributed by atoms with Crippen molar-refractivity contribution < 1.29 is 24.2 Å². The lowest BCUT2D eigenvalue weighted by Gasteiger charge is -2.08. The van der Waals surface area contributed by atoms with Crippen molar-refractivity contribution in [3.05, 3.63) is 27.7 Å². The number of aromatic hydroxyl groups is 1. The van der Waals surface area contributed by atoms with Crippen LogP contribution in [0.5, 0.6) is 5.75 Å². The number of carbonyl (C=O) groups is 2. The van der Waals surface area contributed by atoms with Crippen LogP contribution >= 0.6 is 0 Å². The first-order chi connectivity index (χ1) is 8.51. The fourth-order valence-electron chi connectivity index (χ4n) is 1.25. The van der Waals surface area contributed by atoms with E-state index in [-0.39, 0.29) is 24.5 Å². The fraction of sp³-hybridized carbons (Fsp3) is 0.364. The second-order valence-electron chi connectivity index (χ2n) is 3.21. The van der Waals surface area contributed by atoms with Crippen LogP contribution in [0.1, 0.15) is 34.7 Å². The molecular formula is C11H13NO6. The molecule has 0 aliphatic heterocycles. The van der Waals surface area contributed by atoms with Gasteiger partial charge in [-0.3, -0.25) is 4.79 Å². The average Bonchev–Trinajstić information content (AvgIpc) is 2.32. The van der Waals surface area contributed by atoms with Crippen molar-refractivity contribution in [1.29, 1.82) is 0 Å². The number of aromatic nitrogens is 1. The third-order valence-corrected chi connectivity index (χ3v) is 2.00. The van der Waals surface area contributed by atoms with E-state index in [2.05, 4.69) is 4.98 Å². The highest BCUT2D eigenvalue weighted by Crippen LogP contribution is 2.12. The molecule has 0 aliphatic rings. The molecule has 98 valence electrons. The van der Waals surface area contributed by atoms with Gasteiger partial charge >= 0.3 is 11.9 Å². The Kier molecular flexibility index (Phi) is 4.47. The Labute approximate surface area is 102 Å². The van der Waals surface area contributed by atoms with E-state index in [4.69, 9.17) is 9.47 Å². The number of ether oxygens (including phenoxy) is 2. The summed E-state index contributed by atoms with van der Waals surface area (Å²) < 4.78 is 9.41. The number of hydrogen-bond donors (Lipinski definition) is 2. The van der Waals surface area contributed by atoms with Crippen molar-refractivity contribution in [2.24, 2.45) is 0 Å². The monoisotopic (exact) mass is 255 g/mol. The molecule has 0 radical (unpaired) electrons. The first-order valence-corrected chi connectivity index (χ1v) is 5.31. The maximum absolute atomic E-state index is 11.6. The molecule has 0 saturated heterocycles. The number of carbonyl (C=O) groups excluding carboxylic acids is 2. The van der Waals surface area contributed by atoms with Gasteiger partial charge in [-0.05, 0) is 13.8 Å². The normalized spacial score (nSPS) is 9.89. The zero-order valence-corrected chi connectivity index (χ0v) is 9.98. The average molecular weight is 255 g/mol. The minimum atomic E-state index is -0.883. The smallest absolute Gasteiger partial charge is 0.355 e. The van der Waals surface area contributed by atoms with Crippen molar-refractivity contribution in [3.63, 3.8) is 0 Å². The third kappa shape index (κ3) is 2.88. The molecule has 2 N–H and O–H groups in total. The summed E-state index contributed by atoms with van der Waals surface area (Å²) in [6.45, 7) is 3.36. The SMILES string of the molecule is CCOC(=O)c1cc(O)c(=O)[nH]c1C(=O)OCC. The lowest BCUT2D eigenvalue weighted by atomic mass is 10.2. The van der Waals surface area contributed by atoms with Gasteiger partial charge in [-0.15, -0.1) is 0 Å². The van der Waals surface area contributed by atoms with Crippen molar-refractivity contribution >= 4 is 11.9 Å². The van der Waals surface area contributed by atoms with Gasteiger partial charge in [-0.25, -0.2) is 9.59 Å². The minimum Gasteiger partial charge on any atom is -0.503 e. The summed E-state index contributed by atoms with van der Waals surface area (Å²) >= 11 is 0. The van der Waals surface area contributed by atoms with Crippen LogP contribution in [-0.2, 0) is 9.47 Å². The van der Waals surface area contributed by atoms with Crippen LogP contribution in [0.25, 0.3) is 0 Å². The summed E-state index contributed by atoms with van der Waals surface area (Å²) in [6.07, 6.45) is 0. The molecule has 0 aromatic carbocycles. The highest BCUT2D eigenvalue weighted by atomic mass is 16.5. The van der Waals surface area contributed by atoms with Gasteiger partial charge in [0.2, 0.25) is 0 Å². The molecule has 0 spiro atoms. The van der Waals surface area contributed by atoms with E-state index in [1.165, 1.54) is 0 Å². The van der Waals surface area contributed by atoms with Crippen LogP contribution in [0.3, 0.4) is 0 Å². The first kappa shape index (κ1) is 13.8. The second-order valence-corrected chi connectivity index (χ2v) is 3.21. The van der Waals surface area contributed by atoms with E-state index in [9.17, 15) is 19.5 Å². The predicted octanol–water partition coefficient (Wildman–Crippen LogP) is 0.434. The van der Waals surface area contributed by atoms with Gasteiger partial charge in [-0.1, -0.05) is 0 Å². The predicted molar refractivity (Wildman–Crippen MR) is 60.6 cm³/mol. The zero-order chi connectivity index (χ0) is 13.7. The Morgan fingerprint density at radius 1 is 1.22 bits per heavy atom. The topological polar surface area (TPSA) is 106 Å². The van der Waals surface area contributed by atoms with Gasteiger partial charge in [0, 0.05) is 6.07 Å². The van der Waals surface area contributed by atoms with Crippen molar-refractivity contribution in [1.82, 2.24) is 4.98 Å². The summed E-state index contributed by atoms with van der Waals surface area (Å²) in [6, 6.07) is 0.878. The summed E-state index contributed by atoms with van der Waals surface area (Å²) in [5, 5.41) is 9.25. The molecule has 1 aromatic heterocycles. The van der Waals surface area contributed by atoms with Crippen LogP contribution < -0.4 is 5.56 Å². The third-order valence-electron chi connectivity index (χ3n) is 2.00. The van der Waals surface area contributed by atoms with E-state index in [1.807, 2.05) is 0 Å². The number of hydrogen-bond acceptors (Lipinski definition) is 6. The molecule has 7 nitrogen and oxygen atoms in total. The molecule has 1 heterocycles. The maximum Gasteiger partial charge on any atom is 0.355 e. The molecule has 1 rings (SSSR count). The van der Waals surface area contributed by atoms with Crippen molar-refractivity contribution in [2.45, 2.75) is 13.8 Å². The highest BCUT2D eigenvalue weighted by molar-refractivity contribution is 6.01. The first-order valence-electron chi connectivity index (χ1n) is 5.31. The standard InChI is InChI=1S/C11H13NO6/c1-3-17-10(15)6-5-7(13)9(14)12-8(6)11(16)18-4-2/h5,13H,3-4H2,1-2H3,(H,12,14). The van der Waals surface area contributed by atoms with Gasteiger partial charge in [0.25, 0.3) is 5.56 Å². The lowest BCUT2D eigenvalue weighted by Crippen LogP contribution is -2.21. The zero-order valence-electron chi connectivity index (χ0n) is 9.98. The van der Waals surface area contributed by atoms with E-state index in [0.717, 1.165) is 6.07 Å².